The molecule has 1 aromatic heterocycles. The van der Waals surface area contributed by atoms with E-state index < -0.39 is 0 Å². The highest BCUT2D eigenvalue weighted by molar-refractivity contribution is 5.95. The Morgan fingerprint density at radius 1 is 1.17 bits per heavy atom. The molecule has 0 spiro atoms. The number of hydrogen-bond donors (Lipinski definition) is 1. The van der Waals surface area contributed by atoms with Gasteiger partial charge in [0.2, 0.25) is 0 Å². The molecule has 1 heterocycles. The molecule has 0 unspecified atom stereocenters. The van der Waals surface area contributed by atoms with Crippen LogP contribution in [0.4, 0.5) is 4.39 Å². The molecule has 90 valence electrons. The third kappa shape index (κ3) is 3.21. The van der Waals surface area contributed by atoms with E-state index in [9.17, 15) is 4.39 Å². The standard InChI is InChI=1S/C13H11FN4/c14-11-6-4-10(5-7-11)9-17-18-13(15)12-3-1-2-8-16-12/h1-9H,(H2,15,18)/b17-9+. The lowest BCUT2D eigenvalue weighted by molar-refractivity contribution is 0.628. The van der Waals surface area contributed by atoms with Crippen LogP contribution in [-0.2, 0) is 0 Å². The maximum Gasteiger partial charge on any atom is 0.171 e. The van der Waals surface area contributed by atoms with Gasteiger partial charge in [0.05, 0.1) is 6.21 Å². The van der Waals surface area contributed by atoms with Crippen LogP contribution in [0.1, 0.15) is 11.3 Å². The summed E-state index contributed by atoms with van der Waals surface area (Å²) in [6, 6.07) is 11.3. The maximum atomic E-state index is 12.7. The largest absolute Gasteiger partial charge is 0.380 e. The minimum atomic E-state index is -0.288. The van der Waals surface area contributed by atoms with Crippen LogP contribution in [-0.4, -0.2) is 17.0 Å². The Hall–Kier alpha value is -2.56. The Balaban J connectivity index is 2.08. The first-order chi connectivity index (χ1) is 8.75. The summed E-state index contributed by atoms with van der Waals surface area (Å²) in [4.78, 5) is 4.04. The molecule has 5 heteroatoms. The van der Waals surface area contributed by atoms with Gasteiger partial charge in [-0.05, 0) is 29.8 Å². The van der Waals surface area contributed by atoms with Crippen LogP contribution in [0, 0.1) is 5.82 Å². The molecule has 0 saturated carbocycles. The molecular formula is C13H11FN4. The van der Waals surface area contributed by atoms with E-state index in [-0.39, 0.29) is 11.7 Å². The first-order valence-corrected chi connectivity index (χ1v) is 5.29. The van der Waals surface area contributed by atoms with Crippen LogP contribution < -0.4 is 5.73 Å². The highest BCUT2D eigenvalue weighted by Crippen LogP contribution is 2.00. The third-order valence-electron chi connectivity index (χ3n) is 2.17. The summed E-state index contributed by atoms with van der Waals surface area (Å²) < 4.78 is 12.7. The molecular weight excluding hydrogens is 231 g/mol. The Bertz CT molecular complexity index is 561. The molecule has 0 bridgehead atoms. The van der Waals surface area contributed by atoms with Gasteiger partial charge in [-0.2, -0.15) is 5.10 Å². The number of nitrogens with zero attached hydrogens (tertiary/aromatic N) is 3. The van der Waals surface area contributed by atoms with Crippen LogP contribution in [0.2, 0.25) is 0 Å². The molecule has 2 N–H and O–H groups in total. The smallest absolute Gasteiger partial charge is 0.171 e. The molecule has 0 aliphatic heterocycles. The number of benzene rings is 1. The minimum absolute atomic E-state index is 0.231. The highest BCUT2D eigenvalue weighted by atomic mass is 19.1. The van der Waals surface area contributed by atoms with E-state index in [0.29, 0.717) is 5.69 Å². The molecule has 0 amide bonds. The zero-order chi connectivity index (χ0) is 12.8. The molecule has 2 aromatic rings. The Labute approximate surface area is 104 Å². The van der Waals surface area contributed by atoms with Crippen LogP contribution >= 0.6 is 0 Å². The monoisotopic (exact) mass is 242 g/mol. The van der Waals surface area contributed by atoms with Crippen molar-refractivity contribution in [1.29, 1.82) is 0 Å². The molecule has 0 saturated heterocycles. The molecule has 18 heavy (non-hydrogen) atoms. The molecule has 1 aromatic carbocycles. The second-order valence-corrected chi connectivity index (χ2v) is 3.50. The van der Waals surface area contributed by atoms with Crippen molar-refractivity contribution < 1.29 is 4.39 Å². The van der Waals surface area contributed by atoms with Gasteiger partial charge in [-0.3, -0.25) is 4.98 Å². The van der Waals surface area contributed by atoms with Crippen molar-refractivity contribution in [2.45, 2.75) is 0 Å². The number of halogens is 1. The quantitative estimate of drug-likeness (QED) is 0.508. The lowest BCUT2D eigenvalue weighted by atomic mass is 10.2. The predicted octanol–water partition coefficient (Wildman–Crippen LogP) is 1.96. The van der Waals surface area contributed by atoms with Gasteiger partial charge in [0, 0.05) is 6.20 Å². The Morgan fingerprint density at radius 3 is 2.61 bits per heavy atom. The van der Waals surface area contributed by atoms with E-state index in [1.807, 2.05) is 6.07 Å². The number of pyridine rings is 1. The zero-order valence-corrected chi connectivity index (χ0v) is 9.49. The second-order valence-electron chi connectivity index (χ2n) is 3.50. The van der Waals surface area contributed by atoms with Crippen molar-refractivity contribution in [2.75, 3.05) is 0 Å². The molecule has 0 atom stereocenters. The van der Waals surface area contributed by atoms with Crippen LogP contribution in [0.5, 0.6) is 0 Å². The number of amidine groups is 1. The van der Waals surface area contributed by atoms with Crippen molar-refractivity contribution in [3.63, 3.8) is 0 Å². The van der Waals surface area contributed by atoms with Gasteiger partial charge in [0.1, 0.15) is 11.5 Å². The average Bonchev–Trinajstić information content (AvgIpc) is 2.42. The fourth-order valence-electron chi connectivity index (χ4n) is 1.27. The van der Waals surface area contributed by atoms with E-state index in [1.54, 1.807) is 30.5 Å². The summed E-state index contributed by atoms with van der Waals surface area (Å²) in [7, 11) is 0. The number of hydrogen-bond acceptors (Lipinski definition) is 3. The summed E-state index contributed by atoms with van der Waals surface area (Å²) in [5.41, 5.74) is 7.01. The topological polar surface area (TPSA) is 63.6 Å². The molecule has 4 nitrogen and oxygen atoms in total. The first-order valence-electron chi connectivity index (χ1n) is 5.29. The van der Waals surface area contributed by atoms with Gasteiger partial charge >= 0.3 is 0 Å². The lowest BCUT2D eigenvalue weighted by Gasteiger charge is -1.95. The van der Waals surface area contributed by atoms with Crippen molar-refractivity contribution in [2.24, 2.45) is 15.9 Å². The van der Waals surface area contributed by atoms with E-state index in [4.69, 9.17) is 5.73 Å². The molecule has 2 rings (SSSR count). The molecule has 0 aliphatic rings. The highest BCUT2D eigenvalue weighted by Gasteiger charge is 1.96. The first kappa shape index (κ1) is 11.9. The van der Waals surface area contributed by atoms with E-state index in [1.165, 1.54) is 18.3 Å². The minimum Gasteiger partial charge on any atom is -0.380 e. The molecule has 0 radical (unpaired) electrons. The van der Waals surface area contributed by atoms with Crippen molar-refractivity contribution in [3.8, 4) is 0 Å². The molecule has 0 aliphatic carbocycles. The van der Waals surface area contributed by atoms with Crippen molar-refractivity contribution >= 4 is 12.1 Å². The second kappa shape index (κ2) is 5.67. The number of nitrogens with two attached hydrogens (primary N) is 1. The fraction of sp³-hybridized carbons (Fsp3) is 0. The maximum absolute atomic E-state index is 12.7. The van der Waals surface area contributed by atoms with Crippen molar-refractivity contribution in [1.82, 2.24) is 4.98 Å². The van der Waals surface area contributed by atoms with Gasteiger partial charge in [-0.1, -0.05) is 18.2 Å². The van der Waals surface area contributed by atoms with Gasteiger partial charge in [-0.15, -0.1) is 5.10 Å². The van der Waals surface area contributed by atoms with Gasteiger partial charge in [-0.25, -0.2) is 4.39 Å². The normalized spacial score (nSPS) is 11.9. The van der Waals surface area contributed by atoms with Gasteiger partial charge < -0.3 is 5.73 Å². The lowest BCUT2D eigenvalue weighted by Crippen LogP contribution is -2.14. The Kier molecular flexibility index (Phi) is 3.76. The summed E-state index contributed by atoms with van der Waals surface area (Å²) in [6.07, 6.45) is 3.12. The number of rotatable bonds is 3. The summed E-state index contributed by atoms with van der Waals surface area (Å²) in [6.45, 7) is 0. The van der Waals surface area contributed by atoms with Crippen LogP contribution in [0.15, 0.2) is 58.9 Å². The summed E-state index contributed by atoms with van der Waals surface area (Å²) in [5.74, 6) is -0.0578. The van der Waals surface area contributed by atoms with Crippen molar-refractivity contribution in [3.05, 3.63) is 65.7 Å². The van der Waals surface area contributed by atoms with E-state index in [2.05, 4.69) is 15.2 Å². The summed E-state index contributed by atoms with van der Waals surface area (Å²) >= 11 is 0. The zero-order valence-electron chi connectivity index (χ0n) is 9.49. The van der Waals surface area contributed by atoms with Crippen LogP contribution in [0.3, 0.4) is 0 Å². The Morgan fingerprint density at radius 2 is 1.94 bits per heavy atom. The van der Waals surface area contributed by atoms with Crippen LogP contribution in [0.25, 0.3) is 0 Å². The van der Waals surface area contributed by atoms with Gasteiger partial charge in [0.15, 0.2) is 5.84 Å². The average molecular weight is 242 g/mol. The number of aromatic nitrogens is 1. The van der Waals surface area contributed by atoms with E-state index in [0.717, 1.165) is 5.56 Å². The molecule has 0 fully saturated rings. The van der Waals surface area contributed by atoms with E-state index >= 15 is 0 Å². The SMILES string of the molecule is N/C(=N\N=C\c1ccc(F)cc1)c1ccccn1. The van der Waals surface area contributed by atoms with Gasteiger partial charge in [0.25, 0.3) is 0 Å². The third-order valence-corrected chi connectivity index (χ3v) is 2.17. The predicted molar refractivity (Wildman–Crippen MR) is 69.0 cm³/mol. The summed E-state index contributed by atoms with van der Waals surface area (Å²) in [5, 5.41) is 7.64. The fourth-order valence-corrected chi connectivity index (χ4v) is 1.27.